The van der Waals surface area contributed by atoms with Crippen molar-refractivity contribution in [2.45, 2.75) is 25.8 Å². The van der Waals surface area contributed by atoms with Gasteiger partial charge < -0.3 is 10.6 Å². The lowest BCUT2D eigenvalue weighted by molar-refractivity contribution is 0.0936. The number of nitrogens with zero attached hydrogens (tertiary/aromatic N) is 3. The molecule has 0 radical (unpaired) electrons. The largest absolute Gasteiger partial charge is 0.349 e. The van der Waals surface area contributed by atoms with E-state index in [2.05, 4.69) is 36.6 Å². The number of aromatic nitrogens is 3. The minimum atomic E-state index is -0.540. The van der Waals surface area contributed by atoms with Gasteiger partial charge in [-0.3, -0.25) is 9.59 Å². The Kier molecular flexibility index (Phi) is 6.06. The van der Waals surface area contributed by atoms with Crippen LogP contribution >= 0.6 is 27.5 Å². The maximum Gasteiger partial charge on any atom is 0.274 e. The molecule has 1 aromatic carbocycles. The number of nitrogens with one attached hydrogen (secondary N) is 2. The van der Waals surface area contributed by atoms with E-state index in [1.807, 2.05) is 6.92 Å². The summed E-state index contributed by atoms with van der Waals surface area (Å²) in [5.41, 5.74) is 0.646. The third-order valence-electron chi connectivity index (χ3n) is 5.04. The molecule has 2 aromatic heterocycles. The molecule has 0 saturated heterocycles. The van der Waals surface area contributed by atoms with Gasteiger partial charge in [0.15, 0.2) is 5.82 Å². The lowest BCUT2D eigenvalue weighted by Crippen LogP contribution is -2.34. The standard InChI is InChI=1S/C21H18BrClFN5O2/c1-11(12-2-3-12)27-20(30)14-9-16(23)15(22)10-17(14)28-21(31)18-5-7-26-29(18)19-8-13(24)4-6-25-19/h4-12H,2-3H2,1H3,(H,27,30)(H,28,31). The minimum absolute atomic E-state index is 0.0268. The summed E-state index contributed by atoms with van der Waals surface area (Å²) in [7, 11) is 0. The van der Waals surface area contributed by atoms with E-state index in [0.29, 0.717) is 15.4 Å². The van der Waals surface area contributed by atoms with Crippen molar-refractivity contribution < 1.29 is 14.0 Å². The molecule has 0 spiro atoms. The van der Waals surface area contributed by atoms with Gasteiger partial charge in [0.25, 0.3) is 11.8 Å². The number of anilines is 1. The van der Waals surface area contributed by atoms with Crippen LogP contribution in [-0.2, 0) is 0 Å². The summed E-state index contributed by atoms with van der Waals surface area (Å²) >= 11 is 9.53. The van der Waals surface area contributed by atoms with Crippen LogP contribution in [0.2, 0.25) is 5.02 Å². The van der Waals surface area contributed by atoms with Crippen LogP contribution in [0.25, 0.3) is 5.82 Å². The molecule has 7 nitrogen and oxygen atoms in total. The number of pyridine rings is 1. The van der Waals surface area contributed by atoms with E-state index in [1.165, 1.54) is 41.3 Å². The fraction of sp³-hybridized carbons (Fsp3) is 0.238. The predicted octanol–water partition coefficient (Wildman–Crippen LogP) is 4.60. The molecule has 4 rings (SSSR count). The smallest absolute Gasteiger partial charge is 0.274 e. The Balaban J connectivity index is 1.62. The maximum absolute atomic E-state index is 13.6. The molecule has 3 aromatic rings. The van der Waals surface area contributed by atoms with E-state index in [4.69, 9.17) is 11.6 Å². The van der Waals surface area contributed by atoms with E-state index in [-0.39, 0.29) is 34.7 Å². The number of halogens is 3. The van der Waals surface area contributed by atoms with Gasteiger partial charge in [0.2, 0.25) is 0 Å². The first-order valence-corrected chi connectivity index (χ1v) is 10.8. The average molecular weight is 507 g/mol. The van der Waals surface area contributed by atoms with Crippen LogP contribution in [0.5, 0.6) is 0 Å². The number of carbonyl (C=O) groups excluding carboxylic acids is 2. The Morgan fingerprint density at radius 1 is 1.23 bits per heavy atom. The Morgan fingerprint density at radius 2 is 2.00 bits per heavy atom. The highest BCUT2D eigenvalue weighted by atomic mass is 79.9. The first-order valence-electron chi connectivity index (χ1n) is 9.60. The molecule has 1 aliphatic rings. The molecular formula is C21H18BrClFN5O2. The highest BCUT2D eigenvalue weighted by molar-refractivity contribution is 9.10. The number of hydrogen-bond acceptors (Lipinski definition) is 4. The lowest BCUT2D eigenvalue weighted by atomic mass is 10.1. The van der Waals surface area contributed by atoms with Crippen LogP contribution in [0.3, 0.4) is 0 Å². The quantitative estimate of drug-likeness (QED) is 0.511. The summed E-state index contributed by atoms with van der Waals surface area (Å²) in [6, 6.07) is 6.94. The van der Waals surface area contributed by atoms with Crippen LogP contribution in [-0.4, -0.2) is 32.6 Å². The molecule has 160 valence electrons. The molecule has 1 fully saturated rings. The summed E-state index contributed by atoms with van der Waals surface area (Å²) in [4.78, 5) is 29.9. The molecule has 31 heavy (non-hydrogen) atoms. The predicted molar refractivity (Wildman–Crippen MR) is 118 cm³/mol. The van der Waals surface area contributed by atoms with Crippen molar-refractivity contribution in [3.05, 3.63) is 69.3 Å². The monoisotopic (exact) mass is 505 g/mol. The molecule has 0 bridgehead atoms. The van der Waals surface area contributed by atoms with Crippen molar-refractivity contribution in [2.24, 2.45) is 5.92 Å². The van der Waals surface area contributed by atoms with Crippen molar-refractivity contribution >= 4 is 45.0 Å². The molecule has 10 heteroatoms. The molecular weight excluding hydrogens is 489 g/mol. The molecule has 2 N–H and O–H groups in total. The first kappa shape index (κ1) is 21.5. The van der Waals surface area contributed by atoms with Gasteiger partial charge in [-0.05, 0) is 65.9 Å². The third-order valence-corrected chi connectivity index (χ3v) is 6.24. The third kappa shape index (κ3) is 4.77. The van der Waals surface area contributed by atoms with E-state index in [9.17, 15) is 14.0 Å². The van der Waals surface area contributed by atoms with Crippen LogP contribution in [0.1, 0.15) is 40.6 Å². The van der Waals surface area contributed by atoms with Crippen molar-refractivity contribution in [1.29, 1.82) is 0 Å². The Hall–Kier alpha value is -2.78. The summed E-state index contributed by atoms with van der Waals surface area (Å²) in [6.45, 7) is 1.96. The van der Waals surface area contributed by atoms with Crippen molar-refractivity contribution in [3.8, 4) is 5.82 Å². The normalized spacial score (nSPS) is 14.2. The minimum Gasteiger partial charge on any atom is -0.349 e. The van der Waals surface area contributed by atoms with Gasteiger partial charge in [0.1, 0.15) is 11.5 Å². The topological polar surface area (TPSA) is 88.9 Å². The molecule has 0 aliphatic heterocycles. The molecule has 2 amide bonds. The first-order chi connectivity index (χ1) is 14.8. The van der Waals surface area contributed by atoms with Gasteiger partial charge in [0.05, 0.1) is 22.5 Å². The number of rotatable bonds is 6. The fourth-order valence-corrected chi connectivity index (χ4v) is 3.70. The Labute approximate surface area is 191 Å². The van der Waals surface area contributed by atoms with E-state index in [1.54, 1.807) is 6.07 Å². The van der Waals surface area contributed by atoms with Gasteiger partial charge in [-0.15, -0.1) is 0 Å². The van der Waals surface area contributed by atoms with Gasteiger partial charge in [0, 0.05) is 22.8 Å². The molecule has 1 unspecified atom stereocenters. The van der Waals surface area contributed by atoms with Crippen LogP contribution in [0.15, 0.2) is 47.2 Å². The SMILES string of the molecule is CC(NC(=O)c1cc(Cl)c(Br)cc1NC(=O)c1ccnn1-c1cc(F)ccn1)C1CC1. The van der Waals surface area contributed by atoms with Gasteiger partial charge in [-0.1, -0.05) is 11.6 Å². The van der Waals surface area contributed by atoms with Gasteiger partial charge >= 0.3 is 0 Å². The Bertz CT molecular complexity index is 1160. The highest BCUT2D eigenvalue weighted by Gasteiger charge is 2.30. The van der Waals surface area contributed by atoms with Gasteiger partial charge in [-0.25, -0.2) is 14.1 Å². The van der Waals surface area contributed by atoms with E-state index in [0.717, 1.165) is 12.8 Å². The molecule has 2 heterocycles. The second-order valence-corrected chi connectivity index (χ2v) is 8.59. The summed E-state index contributed by atoms with van der Waals surface area (Å²) < 4.78 is 15.3. The summed E-state index contributed by atoms with van der Waals surface area (Å²) in [6.07, 6.45) is 4.87. The van der Waals surface area contributed by atoms with E-state index >= 15 is 0 Å². The molecule has 1 saturated carbocycles. The second-order valence-electron chi connectivity index (χ2n) is 7.33. The number of benzene rings is 1. The highest BCUT2D eigenvalue weighted by Crippen LogP contribution is 2.33. The number of hydrogen-bond donors (Lipinski definition) is 2. The molecule has 1 aliphatic carbocycles. The van der Waals surface area contributed by atoms with Crippen LogP contribution < -0.4 is 10.6 Å². The van der Waals surface area contributed by atoms with Crippen molar-refractivity contribution in [1.82, 2.24) is 20.1 Å². The molecule has 1 atom stereocenters. The van der Waals surface area contributed by atoms with Crippen molar-refractivity contribution in [3.63, 3.8) is 0 Å². The average Bonchev–Trinajstić information content (AvgIpc) is 3.47. The van der Waals surface area contributed by atoms with Crippen LogP contribution in [0.4, 0.5) is 10.1 Å². The zero-order valence-electron chi connectivity index (χ0n) is 16.4. The summed E-state index contributed by atoms with van der Waals surface area (Å²) in [5, 5.41) is 10.1. The second kappa shape index (κ2) is 8.76. The number of carbonyl (C=O) groups is 2. The van der Waals surface area contributed by atoms with Crippen LogP contribution in [0, 0.1) is 11.7 Å². The number of amides is 2. The maximum atomic E-state index is 13.6. The fourth-order valence-electron chi connectivity index (χ4n) is 3.19. The lowest BCUT2D eigenvalue weighted by Gasteiger charge is -2.16. The zero-order valence-corrected chi connectivity index (χ0v) is 18.7. The van der Waals surface area contributed by atoms with Crippen molar-refractivity contribution in [2.75, 3.05) is 5.32 Å². The van der Waals surface area contributed by atoms with E-state index < -0.39 is 11.7 Å². The van der Waals surface area contributed by atoms with Gasteiger partial charge in [-0.2, -0.15) is 5.10 Å². The summed E-state index contributed by atoms with van der Waals surface area (Å²) in [5.74, 6) is -0.742. The Morgan fingerprint density at radius 3 is 2.71 bits per heavy atom. The zero-order chi connectivity index (χ0) is 22.1.